The molecule has 0 spiro atoms. The summed E-state index contributed by atoms with van der Waals surface area (Å²) in [7, 11) is 0. The van der Waals surface area contributed by atoms with Crippen LogP contribution in [0.15, 0.2) is 12.1 Å². The number of hydrogen-bond donors (Lipinski definition) is 0. The van der Waals surface area contributed by atoms with Gasteiger partial charge in [0, 0.05) is 13.8 Å². The number of carbonyl (C=O) groups excluding carboxylic acids is 2. The van der Waals surface area contributed by atoms with Gasteiger partial charge in [0.05, 0.1) is 0 Å². The van der Waals surface area contributed by atoms with E-state index in [4.69, 9.17) is 0 Å². The summed E-state index contributed by atoms with van der Waals surface area (Å²) in [6, 6.07) is 3.50. The lowest BCUT2D eigenvalue weighted by molar-refractivity contribution is 0.100. The van der Waals surface area contributed by atoms with E-state index in [0.29, 0.717) is 11.4 Å². The fourth-order valence-electron chi connectivity index (χ4n) is 1.25. The largest absolute Gasteiger partial charge is 0.293 e. The predicted molar refractivity (Wildman–Crippen MR) is 58.3 cm³/mol. The van der Waals surface area contributed by atoms with Gasteiger partial charge >= 0.3 is 0 Å². The Morgan fingerprint density at radius 3 is 1.73 bits per heavy atom. The van der Waals surface area contributed by atoms with Crippen molar-refractivity contribution in [3.05, 3.63) is 29.1 Å². The average Bonchev–Trinajstić information content (AvgIpc) is 2.16. The van der Waals surface area contributed by atoms with Gasteiger partial charge < -0.3 is 0 Å². The molecular weight excluding hydrogens is 190 g/mol. The Balaban J connectivity index is 3.32. The number of nitrogens with zero attached hydrogens (tertiary/aromatic N) is 1. The van der Waals surface area contributed by atoms with Crippen LogP contribution in [0, 0.1) is 0 Å². The van der Waals surface area contributed by atoms with E-state index in [1.165, 1.54) is 13.8 Å². The highest BCUT2D eigenvalue weighted by atomic mass is 16.1. The molecule has 0 aliphatic heterocycles. The lowest BCUT2D eigenvalue weighted by Crippen LogP contribution is -2.06. The lowest BCUT2D eigenvalue weighted by atomic mass is 10.0. The number of hydrogen-bond acceptors (Lipinski definition) is 3. The van der Waals surface area contributed by atoms with Crippen LogP contribution in [0.25, 0.3) is 0 Å². The van der Waals surface area contributed by atoms with E-state index >= 15 is 0 Å². The molecule has 0 saturated carbocycles. The van der Waals surface area contributed by atoms with Crippen molar-refractivity contribution in [3.8, 4) is 0 Å². The Morgan fingerprint density at radius 1 is 1.07 bits per heavy atom. The molecule has 0 amide bonds. The molecule has 0 radical (unpaired) electrons. The normalized spacial score (nSPS) is 10.5. The Hall–Kier alpha value is -1.51. The molecule has 0 aliphatic rings. The zero-order chi connectivity index (χ0) is 11.6. The van der Waals surface area contributed by atoms with Gasteiger partial charge in [0.15, 0.2) is 11.6 Å². The van der Waals surface area contributed by atoms with Gasteiger partial charge in [0.25, 0.3) is 0 Å². The average molecular weight is 205 g/mol. The molecule has 3 nitrogen and oxygen atoms in total. The van der Waals surface area contributed by atoms with Gasteiger partial charge in [-0.25, -0.2) is 4.98 Å². The van der Waals surface area contributed by atoms with Crippen molar-refractivity contribution < 1.29 is 9.59 Å². The molecule has 80 valence electrons. The molecule has 0 unspecified atom stereocenters. The van der Waals surface area contributed by atoms with Crippen LogP contribution < -0.4 is 0 Å². The molecule has 0 atom stereocenters. The Kier molecular flexibility index (Phi) is 3.35. The predicted octanol–water partition coefficient (Wildman–Crippen LogP) is 2.61. The zero-order valence-electron chi connectivity index (χ0n) is 9.50. The Labute approximate surface area is 89.5 Å². The van der Waals surface area contributed by atoms with Crippen molar-refractivity contribution in [2.75, 3.05) is 0 Å². The lowest BCUT2D eigenvalue weighted by Gasteiger charge is -2.08. The molecule has 15 heavy (non-hydrogen) atoms. The van der Waals surface area contributed by atoms with E-state index in [9.17, 15) is 9.59 Å². The van der Waals surface area contributed by atoms with E-state index in [0.717, 1.165) is 5.56 Å². The second kappa shape index (κ2) is 4.34. The summed E-state index contributed by atoms with van der Waals surface area (Å²) in [5, 5.41) is 0. The van der Waals surface area contributed by atoms with Crippen molar-refractivity contribution in [1.29, 1.82) is 0 Å². The van der Waals surface area contributed by atoms with Crippen molar-refractivity contribution in [2.24, 2.45) is 0 Å². The van der Waals surface area contributed by atoms with Gasteiger partial charge in [-0.3, -0.25) is 9.59 Å². The maximum absolute atomic E-state index is 11.2. The SMILES string of the molecule is CC(=O)c1cc(C(C)C)cc(C(C)=O)n1. The van der Waals surface area contributed by atoms with Crippen LogP contribution in [-0.2, 0) is 0 Å². The van der Waals surface area contributed by atoms with Gasteiger partial charge in [0.2, 0.25) is 0 Å². The summed E-state index contributed by atoms with van der Waals surface area (Å²) in [5.41, 5.74) is 1.71. The van der Waals surface area contributed by atoms with Gasteiger partial charge in [-0.2, -0.15) is 0 Å². The highest BCUT2D eigenvalue weighted by Gasteiger charge is 2.11. The number of ketones is 2. The summed E-state index contributed by atoms with van der Waals surface area (Å²) >= 11 is 0. The smallest absolute Gasteiger partial charge is 0.178 e. The fraction of sp³-hybridized carbons (Fsp3) is 0.417. The van der Waals surface area contributed by atoms with Gasteiger partial charge in [-0.15, -0.1) is 0 Å². The summed E-state index contributed by atoms with van der Waals surface area (Å²) in [6.45, 7) is 6.94. The molecule has 0 aromatic carbocycles. The highest BCUT2D eigenvalue weighted by molar-refractivity contribution is 5.96. The quantitative estimate of drug-likeness (QED) is 0.712. The summed E-state index contributed by atoms with van der Waals surface area (Å²) in [6.07, 6.45) is 0. The minimum atomic E-state index is -0.111. The van der Waals surface area contributed by atoms with E-state index in [1.54, 1.807) is 12.1 Å². The first-order chi connectivity index (χ1) is 6.91. The minimum absolute atomic E-state index is 0.111. The van der Waals surface area contributed by atoms with E-state index in [-0.39, 0.29) is 17.5 Å². The monoisotopic (exact) mass is 205 g/mol. The number of rotatable bonds is 3. The second-order valence-corrected chi connectivity index (χ2v) is 3.94. The van der Waals surface area contributed by atoms with Crippen LogP contribution in [0.4, 0.5) is 0 Å². The molecule has 1 aromatic heterocycles. The van der Waals surface area contributed by atoms with Crippen molar-refractivity contribution in [2.45, 2.75) is 33.6 Å². The standard InChI is InChI=1S/C12H15NO2/c1-7(2)10-5-11(8(3)14)13-12(6-10)9(4)15/h5-7H,1-4H3. The molecule has 1 aromatic rings. The van der Waals surface area contributed by atoms with Crippen molar-refractivity contribution >= 4 is 11.6 Å². The molecule has 3 heteroatoms. The van der Waals surface area contributed by atoms with Crippen LogP contribution in [-0.4, -0.2) is 16.6 Å². The molecule has 0 aliphatic carbocycles. The van der Waals surface area contributed by atoms with Gasteiger partial charge in [-0.05, 0) is 23.6 Å². The number of aromatic nitrogens is 1. The Bertz CT molecular complexity index is 376. The van der Waals surface area contributed by atoms with Crippen LogP contribution >= 0.6 is 0 Å². The molecule has 0 fully saturated rings. The minimum Gasteiger partial charge on any atom is -0.293 e. The summed E-state index contributed by atoms with van der Waals surface area (Å²) in [4.78, 5) is 26.5. The maximum atomic E-state index is 11.2. The third kappa shape index (κ3) is 2.72. The number of carbonyl (C=O) groups is 2. The topological polar surface area (TPSA) is 47.0 Å². The first-order valence-electron chi connectivity index (χ1n) is 4.95. The molecule has 0 saturated heterocycles. The van der Waals surface area contributed by atoms with E-state index in [1.807, 2.05) is 13.8 Å². The number of Topliss-reactive ketones (excluding diaryl/α,β-unsaturated/α-hetero) is 2. The first-order valence-corrected chi connectivity index (χ1v) is 4.95. The fourth-order valence-corrected chi connectivity index (χ4v) is 1.25. The van der Waals surface area contributed by atoms with Crippen molar-refractivity contribution in [3.63, 3.8) is 0 Å². The molecule has 0 N–H and O–H groups in total. The molecular formula is C12H15NO2. The van der Waals surface area contributed by atoms with Gasteiger partial charge in [0.1, 0.15) is 11.4 Å². The molecule has 1 rings (SSSR count). The molecule has 1 heterocycles. The van der Waals surface area contributed by atoms with E-state index < -0.39 is 0 Å². The van der Waals surface area contributed by atoms with Gasteiger partial charge in [-0.1, -0.05) is 13.8 Å². The van der Waals surface area contributed by atoms with Crippen molar-refractivity contribution in [1.82, 2.24) is 4.98 Å². The Morgan fingerprint density at radius 2 is 1.47 bits per heavy atom. The maximum Gasteiger partial charge on any atom is 0.178 e. The van der Waals surface area contributed by atoms with E-state index in [2.05, 4.69) is 4.98 Å². The third-order valence-corrected chi connectivity index (χ3v) is 2.24. The summed E-state index contributed by atoms with van der Waals surface area (Å²) < 4.78 is 0. The number of pyridine rings is 1. The third-order valence-electron chi connectivity index (χ3n) is 2.24. The van der Waals surface area contributed by atoms with Crippen LogP contribution in [0.3, 0.4) is 0 Å². The van der Waals surface area contributed by atoms with Crippen LogP contribution in [0.2, 0.25) is 0 Å². The van der Waals surface area contributed by atoms with Crippen LogP contribution in [0.5, 0.6) is 0 Å². The first kappa shape index (κ1) is 11.6. The molecule has 0 bridgehead atoms. The van der Waals surface area contributed by atoms with Crippen LogP contribution in [0.1, 0.15) is 60.2 Å². The highest BCUT2D eigenvalue weighted by Crippen LogP contribution is 2.17. The second-order valence-electron chi connectivity index (χ2n) is 3.94. The summed E-state index contributed by atoms with van der Waals surface area (Å²) in [5.74, 6) is 0.0594. The zero-order valence-corrected chi connectivity index (χ0v) is 9.50.